The number of benzene rings is 1. The van der Waals surface area contributed by atoms with Crippen LogP contribution in [0.5, 0.6) is 0 Å². The van der Waals surface area contributed by atoms with Gasteiger partial charge < -0.3 is 15.6 Å². The molecule has 0 aromatic heterocycles. The van der Waals surface area contributed by atoms with Crippen LogP contribution in [0.3, 0.4) is 0 Å². The molecule has 1 aromatic carbocycles. The summed E-state index contributed by atoms with van der Waals surface area (Å²) in [4.78, 5) is 11.0. The molecule has 4 heteroatoms. The first-order valence-corrected chi connectivity index (χ1v) is 4.79. The molecule has 1 rings (SSSR count). The summed E-state index contributed by atoms with van der Waals surface area (Å²) in [6.45, 7) is 0.0129. The first kappa shape index (κ1) is 11.7. The highest BCUT2D eigenvalue weighted by Crippen LogP contribution is 2.05. The number of carbonyl (C=O) groups excluding carboxylic acids is 1. The zero-order valence-electron chi connectivity index (χ0n) is 8.43. The van der Waals surface area contributed by atoms with Crippen molar-refractivity contribution in [2.45, 2.75) is 12.5 Å². The fourth-order valence-electron chi connectivity index (χ4n) is 1.26. The Morgan fingerprint density at radius 1 is 1.40 bits per heavy atom. The normalized spacial score (nSPS) is 12.3. The molecule has 0 saturated heterocycles. The summed E-state index contributed by atoms with van der Waals surface area (Å²) in [6, 6.07) is 9.48. The Kier molecular flexibility index (Phi) is 4.80. The molecule has 1 unspecified atom stereocenters. The molecule has 0 aliphatic heterocycles. The van der Waals surface area contributed by atoms with Crippen LogP contribution in [-0.2, 0) is 16.0 Å². The number of carbonyl (C=O) groups is 1. The van der Waals surface area contributed by atoms with Crippen molar-refractivity contribution in [2.24, 2.45) is 5.73 Å². The van der Waals surface area contributed by atoms with Crippen LogP contribution in [0.15, 0.2) is 30.3 Å². The molecule has 1 atom stereocenters. The topological polar surface area (TPSA) is 72.6 Å². The van der Waals surface area contributed by atoms with Gasteiger partial charge in [-0.1, -0.05) is 30.3 Å². The van der Waals surface area contributed by atoms with Gasteiger partial charge in [0.25, 0.3) is 0 Å². The molecule has 4 nitrogen and oxygen atoms in total. The zero-order valence-corrected chi connectivity index (χ0v) is 8.43. The van der Waals surface area contributed by atoms with Crippen molar-refractivity contribution in [3.05, 3.63) is 35.9 Å². The molecular formula is C11H15NO3. The summed E-state index contributed by atoms with van der Waals surface area (Å²) in [6.07, 6.45) is -0.226. The minimum Gasteiger partial charge on any atom is -0.394 e. The average molecular weight is 209 g/mol. The molecule has 0 heterocycles. The van der Waals surface area contributed by atoms with Crippen molar-refractivity contribution in [3.8, 4) is 0 Å². The third-order valence-electron chi connectivity index (χ3n) is 1.99. The van der Waals surface area contributed by atoms with E-state index in [1.807, 2.05) is 30.3 Å². The molecule has 0 radical (unpaired) electrons. The van der Waals surface area contributed by atoms with E-state index in [-0.39, 0.29) is 13.2 Å². The molecule has 1 aromatic rings. The van der Waals surface area contributed by atoms with Gasteiger partial charge in [0.05, 0.1) is 13.2 Å². The molecular weight excluding hydrogens is 194 g/mol. The van der Waals surface area contributed by atoms with Crippen molar-refractivity contribution in [2.75, 3.05) is 13.2 Å². The van der Waals surface area contributed by atoms with Crippen LogP contribution in [0.4, 0.5) is 0 Å². The molecule has 0 saturated carbocycles. The number of hydrogen-bond donors (Lipinski definition) is 2. The summed E-state index contributed by atoms with van der Waals surface area (Å²) in [5.41, 5.74) is 6.17. The van der Waals surface area contributed by atoms with E-state index in [1.165, 1.54) is 0 Å². The number of ether oxygens (including phenoxy) is 1. The molecule has 0 fully saturated rings. The quantitative estimate of drug-likeness (QED) is 0.697. The van der Waals surface area contributed by atoms with Gasteiger partial charge in [-0.25, -0.2) is 0 Å². The SMILES string of the molecule is NC(=O)C(Cc1ccccc1)OCCO. The lowest BCUT2D eigenvalue weighted by Crippen LogP contribution is -2.33. The summed E-state index contributed by atoms with van der Waals surface area (Å²) in [5, 5.41) is 8.59. The number of hydrogen-bond acceptors (Lipinski definition) is 3. The first-order valence-electron chi connectivity index (χ1n) is 4.79. The van der Waals surface area contributed by atoms with Gasteiger partial charge in [-0.05, 0) is 5.56 Å². The van der Waals surface area contributed by atoms with Gasteiger partial charge in [-0.3, -0.25) is 4.79 Å². The number of primary amides is 1. The smallest absolute Gasteiger partial charge is 0.246 e. The van der Waals surface area contributed by atoms with Crippen LogP contribution in [0, 0.1) is 0 Å². The third-order valence-corrected chi connectivity index (χ3v) is 1.99. The minimum atomic E-state index is -0.667. The van der Waals surface area contributed by atoms with Gasteiger partial charge in [0.1, 0.15) is 6.10 Å². The van der Waals surface area contributed by atoms with E-state index in [1.54, 1.807) is 0 Å². The second kappa shape index (κ2) is 6.16. The average Bonchev–Trinajstić information content (AvgIpc) is 2.25. The summed E-state index contributed by atoms with van der Waals surface area (Å²) in [7, 11) is 0. The van der Waals surface area contributed by atoms with E-state index in [2.05, 4.69) is 0 Å². The van der Waals surface area contributed by atoms with Crippen LogP contribution in [0.25, 0.3) is 0 Å². The number of aliphatic hydroxyl groups is 1. The van der Waals surface area contributed by atoms with Gasteiger partial charge in [-0.2, -0.15) is 0 Å². The fourth-order valence-corrected chi connectivity index (χ4v) is 1.26. The van der Waals surface area contributed by atoms with Gasteiger partial charge in [0.15, 0.2) is 0 Å². The molecule has 0 aliphatic carbocycles. The van der Waals surface area contributed by atoms with Crippen LogP contribution < -0.4 is 5.73 Å². The lowest BCUT2D eigenvalue weighted by atomic mass is 10.1. The summed E-state index contributed by atoms with van der Waals surface area (Å²) in [5.74, 6) is -0.507. The Labute approximate surface area is 88.7 Å². The number of nitrogens with two attached hydrogens (primary N) is 1. The number of amides is 1. The minimum absolute atomic E-state index is 0.113. The van der Waals surface area contributed by atoms with Crippen LogP contribution in [0.1, 0.15) is 5.56 Å². The summed E-state index contributed by atoms with van der Waals surface area (Å²) >= 11 is 0. The Bertz CT molecular complexity index is 300. The Morgan fingerprint density at radius 3 is 2.60 bits per heavy atom. The van der Waals surface area contributed by atoms with Crippen molar-refractivity contribution >= 4 is 5.91 Å². The van der Waals surface area contributed by atoms with Crippen molar-refractivity contribution in [1.29, 1.82) is 0 Å². The zero-order chi connectivity index (χ0) is 11.1. The second-order valence-corrected chi connectivity index (χ2v) is 3.18. The monoisotopic (exact) mass is 209 g/mol. The van der Waals surface area contributed by atoms with E-state index in [9.17, 15) is 4.79 Å². The third kappa shape index (κ3) is 4.10. The predicted molar refractivity (Wildman–Crippen MR) is 56.2 cm³/mol. The molecule has 15 heavy (non-hydrogen) atoms. The van der Waals surface area contributed by atoms with Crippen molar-refractivity contribution < 1.29 is 14.6 Å². The van der Waals surface area contributed by atoms with Crippen LogP contribution >= 0.6 is 0 Å². The Morgan fingerprint density at radius 2 is 2.07 bits per heavy atom. The van der Waals surface area contributed by atoms with Gasteiger partial charge >= 0.3 is 0 Å². The molecule has 0 bridgehead atoms. The van der Waals surface area contributed by atoms with Crippen molar-refractivity contribution in [3.63, 3.8) is 0 Å². The molecule has 0 aliphatic rings. The largest absolute Gasteiger partial charge is 0.394 e. The van der Waals surface area contributed by atoms with E-state index in [4.69, 9.17) is 15.6 Å². The van der Waals surface area contributed by atoms with E-state index in [0.29, 0.717) is 6.42 Å². The standard InChI is InChI=1S/C11H15NO3/c12-11(14)10(15-7-6-13)8-9-4-2-1-3-5-9/h1-5,10,13H,6-8H2,(H2,12,14). The maximum Gasteiger partial charge on any atom is 0.246 e. The summed E-state index contributed by atoms with van der Waals surface area (Å²) < 4.78 is 5.13. The maximum absolute atomic E-state index is 11.0. The van der Waals surface area contributed by atoms with Gasteiger partial charge in [-0.15, -0.1) is 0 Å². The molecule has 3 N–H and O–H groups in total. The molecule has 82 valence electrons. The van der Waals surface area contributed by atoms with E-state index in [0.717, 1.165) is 5.56 Å². The van der Waals surface area contributed by atoms with Gasteiger partial charge in [0.2, 0.25) is 5.91 Å². The maximum atomic E-state index is 11.0. The highest BCUT2D eigenvalue weighted by atomic mass is 16.5. The highest BCUT2D eigenvalue weighted by molar-refractivity contribution is 5.79. The molecule has 1 amide bonds. The van der Waals surface area contributed by atoms with E-state index < -0.39 is 12.0 Å². The van der Waals surface area contributed by atoms with Crippen LogP contribution in [-0.4, -0.2) is 30.3 Å². The number of aliphatic hydroxyl groups excluding tert-OH is 1. The lowest BCUT2D eigenvalue weighted by Gasteiger charge is -2.13. The van der Waals surface area contributed by atoms with Gasteiger partial charge in [0, 0.05) is 6.42 Å². The van der Waals surface area contributed by atoms with E-state index >= 15 is 0 Å². The predicted octanol–water partition coefficient (Wildman–Crippen LogP) is 0.0919. The van der Waals surface area contributed by atoms with Crippen molar-refractivity contribution in [1.82, 2.24) is 0 Å². The fraction of sp³-hybridized carbons (Fsp3) is 0.364. The second-order valence-electron chi connectivity index (χ2n) is 3.18. The molecule has 0 spiro atoms. The Hall–Kier alpha value is -1.39. The Balaban J connectivity index is 2.55. The highest BCUT2D eigenvalue weighted by Gasteiger charge is 2.15. The number of rotatable bonds is 6. The first-order chi connectivity index (χ1) is 7.24. The lowest BCUT2D eigenvalue weighted by molar-refractivity contribution is -0.130. The van der Waals surface area contributed by atoms with Crippen LogP contribution in [0.2, 0.25) is 0 Å².